The van der Waals surface area contributed by atoms with Gasteiger partial charge in [0.2, 0.25) is 5.90 Å². The van der Waals surface area contributed by atoms with E-state index in [4.69, 9.17) is 30.6 Å². The van der Waals surface area contributed by atoms with E-state index in [1.807, 2.05) is 62.6 Å². The molecule has 0 unspecified atom stereocenters. The van der Waals surface area contributed by atoms with E-state index < -0.39 is 17.6 Å². The molecule has 3 N–H and O–H groups in total. The van der Waals surface area contributed by atoms with Crippen molar-refractivity contribution >= 4 is 11.8 Å². The van der Waals surface area contributed by atoms with Crippen molar-refractivity contribution in [2.75, 3.05) is 40.4 Å². The lowest BCUT2D eigenvalue weighted by Gasteiger charge is -2.32. The summed E-state index contributed by atoms with van der Waals surface area (Å²) in [7, 11) is 3.97. The van der Waals surface area contributed by atoms with Gasteiger partial charge in [-0.15, -0.1) is 0 Å². The van der Waals surface area contributed by atoms with Gasteiger partial charge in [0, 0.05) is 41.4 Å². The lowest BCUT2D eigenvalue weighted by molar-refractivity contribution is -0.130. The van der Waals surface area contributed by atoms with Gasteiger partial charge in [-0.1, -0.05) is 58.8 Å². The maximum absolute atomic E-state index is 14.5. The van der Waals surface area contributed by atoms with Gasteiger partial charge < -0.3 is 19.5 Å². The van der Waals surface area contributed by atoms with Crippen LogP contribution in [-0.4, -0.2) is 67.7 Å². The minimum absolute atomic E-state index is 0.0336. The molecule has 0 saturated heterocycles. The number of carbonyl (C=O) groups excluding carboxylic acids is 1. The number of aliphatic hydroxyl groups excluding tert-OH is 1. The van der Waals surface area contributed by atoms with Crippen LogP contribution >= 0.6 is 0 Å². The summed E-state index contributed by atoms with van der Waals surface area (Å²) in [6, 6.07) is 22.0. The molecule has 0 aromatic heterocycles. The van der Waals surface area contributed by atoms with Crippen molar-refractivity contribution in [3.8, 4) is 5.75 Å². The third-order valence-corrected chi connectivity index (χ3v) is 7.66. The molecule has 0 spiro atoms. The number of ether oxygens (including phenoxy) is 2. The maximum atomic E-state index is 14.5. The van der Waals surface area contributed by atoms with Crippen LogP contribution in [-0.2, 0) is 29.0 Å². The molecular formula is C33H40N10O4. The second-order valence-electron chi connectivity index (χ2n) is 11.2. The summed E-state index contributed by atoms with van der Waals surface area (Å²) in [6.07, 6.45) is 0.503. The van der Waals surface area contributed by atoms with Crippen LogP contribution in [0.15, 0.2) is 88.0 Å². The monoisotopic (exact) mass is 640 g/mol. The first-order valence-corrected chi connectivity index (χ1v) is 15.4. The molecule has 3 aromatic carbocycles. The zero-order chi connectivity index (χ0) is 33.5. The molecular weight excluding hydrogens is 600 g/mol. The Morgan fingerprint density at radius 2 is 1.64 bits per heavy atom. The fourth-order valence-corrected chi connectivity index (χ4v) is 5.32. The Morgan fingerprint density at radius 3 is 2.32 bits per heavy atom. The highest BCUT2D eigenvalue weighted by Crippen LogP contribution is 2.44. The van der Waals surface area contributed by atoms with Crippen molar-refractivity contribution in [1.29, 1.82) is 0 Å². The number of hydrogen-bond donors (Lipinski definition) is 3. The van der Waals surface area contributed by atoms with E-state index in [0.29, 0.717) is 42.0 Å². The van der Waals surface area contributed by atoms with Gasteiger partial charge in [-0.3, -0.25) is 10.2 Å². The van der Waals surface area contributed by atoms with E-state index in [1.54, 1.807) is 24.3 Å². The summed E-state index contributed by atoms with van der Waals surface area (Å²) in [5.41, 5.74) is 26.1. The molecule has 4 rings (SSSR count). The summed E-state index contributed by atoms with van der Waals surface area (Å²) >= 11 is 0. The average Bonchev–Trinajstić information content (AvgIpc) is 3.47. The molecule has 1 aliphatic heterocycles. The zero-order valence-electron chi connectivity index (χ0n) is 26.6. The van der Waals surface area contributed by atoms with E-state index in [9.17, 15) is 4.79 Å². The second-order valence-corrected chi connectivity index (χ2v) is 11.2. The van der Waals surface area contributed by atoms with Gasteiger partial charge in [-0.25, -0.2) is 10.4 Å². The quantitative estimate of drug-likeness (QED) is 0.0566. The van der Waals surface area contributed by atoms with Gasteiger partial charge in [-0.2, -0.15) is 0 Å². The van der Waals surface area contributed by atoms with Crippen molar-refractivity contribution in [2.45, 2.75) is 44.0 Å². The number of hydrazine groups is 1. The summed E-state index contributed by atoms with van der Waals surface area (Å²) < 4.78 is 12.3. The molecule has 1 aliphatic rings. The lowest BCUT2D eigenvalue weighted by Crippen LogP contribution is -2.54. The molecule has 0 aliphatic carbocycles. The highest BCUT2D eigenvalue weighted by molar-refractivity contribution is 6.01. The normalized spacial score (nSPS) is 16.9. The molecule has 246 valence electrons. The van der Waals surface area contributed by atoms with Crippen LogP contribution in [0.1, 0.15) is 46.8 Å². The molecule has 2 atom stereocenters. The van der Waals surface area contributed by atoms with Crippen molar-refractivity contribution in [1.82, 2.24) is 15.8 Å². The number of carbonyl (C=O) groups is 1. The number of rotatable bonds is 18. The van der Waals surface area contributed by atoms with Crippen LogP contribution in [0.4, 0.5) is 0 Å². The largest absolute Gasteiger partial charge is 0.494 e. The molecule has 47 heavy (non-hydrogen) atoms. The topological polar surface area (TPSA) is 193 Å². The van der Waals surface area contributed by atoms with Crippen LogP contribution in [0.2, 0.25) is 0 Å². The number of amides is 1. The van der Waals surface area contributed by atoms with Crippen molar-refractivity contribution in [2.24, 2.45) is 15.2 Å². The van der Waals surface area contributed by atoms with E-state index in [1.165, 1.54) is 0 Å². The predicted octanol–water partition coefficient (Wildman–Crippen LogP) is 5.14. The third-order valence-electron chi connectivity index (χ3n) is 7.66. The standard InChI is InChI=1S/C33H40N10O4/c1-43(2)18-7-17-36-40-32(45)33(21-25-9-3-4-10-26(25)22-37-41-34)30(29-12-6-5-11-27(29)23-38-42-35)47-31(39-33)24-13-15-28(16-14-24)46-20-8-19-44/h3-6,9-16,30,36,44H,7-8,17-23H2,1-2H3,(H,40,45)/t30-,33-/m0/s1. The lowest BCUT2D eigenvalue weighted by atomic mass is 9.80. The van der Waals surface area contributed by atoms with E-state index >= 15 is 0 Å². The van der Waals surface area contributed by atoms with Gasteiger partial charge in [0.15, 0.2) is 11.6 Å². The van der Waals surface area contributed by atoms with Gasteiger partial charge in [0.25, 0.3) is 5.91 Å². The molecule has 0 radical (unpaired) electrons. The molecule has 14 heteroatoms. The first-order chi connectivity index (χ1) is 22.9. The van der Waals surface area contributed by atoms with Gasteiger partial charge in [-0.05, 0) is 84.6 Å². The first kappa shape index (κ1) is 34.8. The predicted molar refractivity (Wildman–Crippen MR) is 178 cm³/mol. The Kier molecular flexibility index (Phi) is 13.0. The average molecular weight is 641 g/mol. The van der Waals surface area contributed by atoms with E-state index in [2.05, 4.69) is 35.8 Å². The van der Waals surface area contributed by atoms with Crippen LogP contribution in [0.25, 0.3) is 20.9 Å². The van der Waals surface area contributed by atoms with Crippen LogP contribution in [0, 0.1) is 0 Å². The number of benzene rings is 3. The number of aliphatic hydroxyl groups is 1. The van der Waals surface area contributed by atoms with Crippen LogP contribution < -0.4 is 15.6 Å². The molecule has 0 fully saturated rings. The molecule has 3 aromatic rings. The molecule has 0 saturated carbocycles. The van der Waals surface area contributed by atoms with Gasteiger partial charge in [0.1, 0.15) is 5.75 Å². The van der Waals surface area contributed by atoms with E-state index in [0.717, 1.165) is 24.1 Å². The van der Waals surface area contributed by atoms with Crippen molar-refractivity contribution < 1.29 is 19.4 Å². The molecule has 1 amide bonds. The van der Waals surface area contributed by atoms with Crippen molar-refractivity contribution in [3.05, 3.63) is 121 Å². The highest BCUT2D eigenvalue weighted by Gasteiger charge is 2.54. The minimum atomic E-state index is -1.53. The van der Waals surface area contributed by atoms with Crippen LogP contribution in [0.5, 0.6) is 5.75 Å². The molecule has 0 bridgehead atoms. The Balaban J connectivity index is 1.82. The Hall–Kier alpha value is -5.10. The number of nitrogens with zero attached hydrogens (tertiary/aromatic N) is 8. The van der Waals surface area contributed by atoms with Gasteiger partial charge in [0.05, 0.1) is 19.7 Å². The highest BCUT2D eigenvalue weighted by atomic mass is 16.5. The first-order valence-electron chi connectivity index (χ1n) is 15.4. The second kappa shape index (κ2) is 17.6. The summed E-state index contributed by atoms with van der Waals surface area (Å²) in [5.74, 6) is 0.462. The smallest absolute Gasteiger partial charge is 0.266 e. The number of hydrogen-bond acceptors (Lipinski definition) is 9. The van der Waals surface area contributed by atoms with E-state index in [-0.39, 0.29) is 32.0 Å². The minimum Gasteiger partial charge on any atom is -0.494 e. The molecule has 14 nitrogen and oxygen atoms in total. The Labute approximate surface area is 273 Å². The van der Waals surface area contributed by atoms with Crippen molar-refractivity contribution in [3.63, 3.8) is 0 Å². The summed E-state index contributed by atoms with van der Waals surface area (Å²) in [6.45, 7) is 1.92. The fourth-order valence-electron chi connectivity index (χ4n) is 5.32. The zero-order valence-corrected chi connectivity index (χ0v) is 26.6. The Bertz CT molecular complexity index is 1620. The maximum Gasteiger partial charge on any atom is 0.266 e. The fraction of sp³-hybridized carbons (Fsp3) is 0.394. The SMILES string of the molecule is CN(C)CCCNNC(=O)[C@@]1(Cc2ccccc2CN=[N+]=[N-])N=C(c2ccc(OCCCO)cc2)O[C@H]1c1ccccc1CN=[N+]=[N-]. The Morgan fingerprint density at radius 1 is 0.979 bits per heavy atom. The third kappa shape index (κ3) is 9.23. The summed E-state index contributed by atoms with van der Waals surface area (Å²) in [4.78, 5) is 27.5. The molecule has 1 heterocycles. The van der Waals surface area contributed by atoms with Crippen LogP contribution in [0.3, 0.4) is 0 Å². The summed E-state index contributed by atoms with van der Waals surface area (Å²) in [5, 5.41) is 16.7. The number of nitrogens with one attached hydrogen (secondary N) is 2. The van der Waals surface area contributed by atoms with Gasteiger partial charge >= 0.3 is 0 Å². The number of aliphatic imine (C=N–C) groups is 1. The number of azide groups is 2.